The summed E-state index contributed by atoms with van der Waals surface area (Å²) in [5, 5.41) is 3.92. The van der Waals surface area contributed by atoms with Gasteiger partial charge < -0.3 is 5.32 Å². The van der Waals surface area contributed by atoms with Crippen molar-refractivity contribution in [2.45, 2.75) is 50.3 Å². The van der Waals surface area contributed by atoms with Crippen molar-refractivity contribution in [1.82, 2.24) is 5.32 Å². The Labute approximate surface area is 108 Å². The molecule has 0 aliphatic carbocycles. The molecule has 0 aliphatic rings. The van der Waals surface area contributed by atoms with E-state index >= 15 is 0 Å². The van der Waals surface area contributed by atoms with Crippen LogP contribution in [0.1, 0.15) is 45.7 Å². The van der Waals surface area contributed by atoms with E-state index < -0.39 is 0 Å². The minimum atomic E-state index is -0.154. The minimum absolute atomic E-state index is 0.154. The molecule has 1 atom stereocenters. The highest BCUT2D eigenvalue weighted by Gasteiger charge is 2.12. The minimum Gasteiger partial charge on any atom is -0.310 e. The lowest BCUT2D eigenvalue weighted by atomic mass is 10.1. The molecule has 3 heteroatoms. The lowest BCUT2D eigenvalue weighted by Crippen LogP contribution is -2.20. The smallest absolute Gasteiger partial charge is 0.123 e. The molecule has 0 bridgehead atoms. The number of nitrogens with one attached hydrogen (secondary N) is 1. The van der Waals surface area contributed by atoms with E-state index in [2.05, 4.69) is 33.0 Å². The van der Waals surface area contributed by atoms with Crippen molar-refractivity contribution in [3.05, 3.63) is 29.6 Å². The summed E-state index contributed by atoms with van der Waals surface area (Å²) in [6.45, 7) is 9.50. The maximum atomic E-state index is 13.3. The second-order valence-electron chi connectivity index (χ2n) is 4.52. The Balaban J connectivity index is 2.89. The third-order valence-electron chi connectivity index (χ3n) is 2.50. The topological polar surface area (TPSA) is 12.0 Å². The molecule has 17 heavy (non-hydrogen) atoms. The van der Waals surface area contributed by atoms with Gasteiger partial charge in [0.1, 0.15) is 5.82 Å². The zero-order chi connectivity index (χ0) is 12.8. The molecule has 96 valence electrons. The zero-order valence-corrected chi connectivity index (χ0v) is 11.9. The molecule has 0 saturated heterocycles. The molecule has 0 heterocycles. The van der Waals surface area contributed by atoms with Gasteiger partial charge in [-0.15, -0.1) is 11.8 Å². The second kappa shape index (κ2) is 7.02. The van der Waals surface area contributed by atoms with Crippen molar-refractivity contribution in [3.63, 3.8) is 0 Å². The van der Waals surface area contributed by atoms with Crippen LogP contribution in [0.15, 0.2) is 23.1 Å². The van der Waals surface area contributed by atoms with Crippen LogP contribution in [-0.2, 0) is 0 Å². The van der Waals surface area contributed by atoms with Crippen LogP contribution in [0.4, 0.5) is 4.39 Å². The van der Waals surface area contributed by atoms with Crippen LogP contribution in [-0.4, -0.2) is 11.8 Å². The number of halogens is 1. The second-order valence-corrected chi connectivity index (χ2v) is 6.14. The van der Waals surface area contributed by atoms with Crippen LogP contribution < -0.4 is 5.32 Å². The summed E-state index contributed by atoms with van der Waals surface area (Å²) in [6.07, 6.45) is 1.09. The van der Waals surface area contributed by atoms with Crippen molar-refractivity contribution >= 4 is 11.8 Å². The maximum Gasteiger partial charge on any atom is 0.123 e. The normalized spacial score (nSPS) is 13.1. The average Bonchev–Trinajstić information content (AvgIpc) is 2.27. The third kappa shape index (κ3) is 4.68. The molecule has 0 radical (unpaired) electrons. The lowest BCUT2D eigenvalue weighted by molar-refractivity contribution is 0.554. The van der Waals surface area contributed by atoms with Crippen LogP contribution in [0.5, 0.6) is 0 Å². The number of benzene rings is 1. The van der Waals surface area contributed by atoms with Crippen molar-refractivity contribution in [1.29, 1.82) is 0 Å². The molecule has 0 amide bonds. The number of rotatable bonds is 6. The van der Waals surface area contributed by atoms with Crippen LogP contribution >= 0.6 is 11.8 Å². The predicted octanol–water partition coefficient (Wildman–Crippen LogP) is 4.39. The summed E-state index contributed by atoms with van der Waals surface area (Å²) in [6, 6.07) is 5.28. The Kier molecular flexibility index (Phi) is 6.00. The van der Waals surface area contributed by atoms with Gasteiger partial charge in [0.15, 0.2) is 0 Å². The van der Waals surface area contributed by atoms with Crippen molar-refractivity contribution in [2.75, 3.05) is 6.54 Å². The van der Waals surface area contributed by atoms with Gasteiger partial charge in [0.2, 0.25) is 0 Å². The van der Waals surface area contributed by atoms with Crippen LogP contribution in [0.3, 0.4) is 0 Å². The van der Waals surface area contributed by atoms with E-state index in [0.717, 1.165) is 18.5 Å². The van der Waals surface area contributed by atoms with Gasteiger partial charge in [-0.05, 0) is 43.7 Å². The van der Waals surface area contributed by atoms with Gasteiger partial charge in [0.05, 0.1) is 0 Å². The number of thioether (sulfide) groups is 1. The number of hydrogen-bond donors (Lipinski definition) is 1. The monoisotopic (exact) mass is 255 g/mol. The van der Waals surface area contributed by atoms with E-state index in [1.165, 1.54) is 4.90 Å². The Bertz CT molecular complexity index is 352. The predicted molar refractivity (Wildman–Crippen MR) is 74.1 cm³/mol. The van der Waals surface area contributed by atoms with Gasteiger partial charge in [-0.1, -0.05) is 20.8 Å². The van der Waals surface area contributed by atoms with Crippen LogP contribution in [0.2, 0.25) is 0 Å². The first-order chi connectivity index (χ1) is 8.04. The van der Waals surface area contributed by atoms with E-state index in [1.807, 2.05) is 6.07 Å². The molecule has 0 saturated carbocycles. The molecular formula is C14H22FNS. The Morgan fingerprint density at radius 2 is 2.00 bits per heavy atom. The van der Waals surface area contributed by atoms with Gasteiger partial charge in [-0.3, -0.25) is 0 Å². The summed E-state index contributed by atoms with van der Waals surface area (Å²) in [5.41, 5.74) is 1.07. The van der Waals surface area contributed by atoms with E-state index in [9.17, 15) is 4.39 Å². The fraction of sp³-hybridized carbons (Fsp3) is 0.571. The van der Waals surface area contributed by atoms with Gasteiger partial charge in [0, 0.05) is 16.2 Å². The highest BCUT2D eigenvalue weighted by molar-refractivity contribution is 8.00. The molecule has 0 aromatic heterocycles. The van der Waals surface area contributed by atoms with E-state index in [0.29, 0.717) is 5.25 Å². The highest BCUT2D eigenvalue weighted by Crippen LogP contribution is 2.31. The van der Waals surface area contributed by atoms with Gasteiger partial charge in [0.25, 0.3) is 0 Å². The zero-order valence-electron chi connectivity index (χ0n) is 11.1. The molecule has 1 N–H and O–H groups in total. The standard InChI is InChI=1S/C14H22FNS/c1-5-8-16-11(4)13-9-12(15)6-7-14(13)17-10(2)3/h6-7,9-11,16H,5,8H2,1-4H3. The fourth-order valence-electron chi connectivity index (χ4n) is 1.69. The highest BCUT2D eigenvalue weighted by atomic mass is 32.2. The quantitative estimate of drug-likeness (QED) is 0.757. The van der Waals surface area contributed by atoms with Crippen molar-refractivity contribution in [3.8, 4) is 0 Å². The molecule has 0 fully saturated rings. The summed E-state index contributed by atoms with van der Waals surface area (Å²) in [4.78, 5) is 1.18. The summed E-state index contributed by atoms with van der Waals surface area (Å²) < 4.78 is 13.3. The Hall–Kier alpha value is -0.540. The maximum absolute atomic E-state index is 13.3. The summed E-state index contributed by atoms with van der Waals surface area (Å²) >= 11 is 1.79. The molecule has 1 rings (SSSR count). The van der Waals surface area contributed by atoms with Gasteiger partial charge in [-0.25, -0.2) is 4.39 Å². The van der Waals surface area contributed by atoms with Gasteiger partial charge >= 0.3 is 0 Å². The Morgan fingerprint density at radius 1 is 1.29 bits per heavy atom. The lowest BCUT2D eigenvalue weighted by Gasteiger charge is -2.18. The molecule has 1 aromatic carbocycles. The first-order valence-corrected chi connectivity index (χ1v) is 7.12. The van der Waals surface area contributed by atoms with E-state index in [4.69, 9.17) is 0 Å². The fourth-order valence-corrected chi connectivity index (χ4v) is 2.72. The molecule has 0 aliphatic heterocycles. The Morgan fingerprint density at radius 3 is 2.59 bits per heavy atom. The third-order valence-corrected chi connectivity index (χ3v) is 3.60. The van der Waals surface area contributed by atoms with Gasteiger partial charge in [-0.2, -0.15) is 0 Å². The van der Waals surface area contributed by atoms with Crippen LogP contribution in [0, 0.1) is 5.82 Å². The molecule has 0 spiro atoms. The van der Waals surface area contributed by atoms with E-state index in [-0.39, 0.29) is 11.9 Å². The largest absolute Gasteiger partial charge is 0.310 e. The number of hydrogen-bond acceptors (Lipinski definition) is 2. The summed E-state index contributed by atoms with van der Waals surface area (Å²) in [7, 11) is 0. The van der Waals surface area contributed by atoms with Crippen molar-refractivity contribution < 1.29 is 4.39 Å². The van der Waals surface area contributed by atoms with Crippen LogP contribution in [0.25, 0.3) is 0 Å². The average molecular weight is 255 g/mol. The molecule has 1 nitrogen and oxygen atoms in total. The van der Waals surface area contributed by atoms with E-state index in [1.54, 1.807) is 23.9 Å². The first-order valence-electron chi connectivity index (χ1n) is 6.24. The molecule has 1 unspecified atom stereocenters. The SMILES string of the molecule is CCCNC(C)c1cc(F)ccc1SC(C)C. The summed E-state index contributed by atoms with van der Waals surface area (Å²) in [5.74, 6) is -0.154. The first kappa shape index (κ1) is 14.5. The molecular weight excluding hydrogens is 233 g/mol. The van der Waals surface area contributed by atoms with Crippen molar-refractivity contribution in [2.24, 2.45) is 0 Å². The molecule has 1 aromatic rings.